The number of aliphatic carboxylic acids is 1. The predicted molar refractivity (Wildman–Crippen MR) is 407 cm³/mol. The lowest BCUT2D eigenvalue weighted by atomic mass is 9.92. The zero-order chi connectivity index (χ0) is 82.0. The van der Waals surface area contributed by atoms with E-state index in [9.17, 15) is 77.0 Å². The van der Waals surface area contributed by atoms with Crippen LogP contribution < -0.4 is 87.6 Å². The standard InChI is InChI=1S/C51H83N13O10.C24H40N4O6/c1-9-19-35(45(68)56-31(4)5)30-42(65)36(22-12-15-26-52)59-50(73)41-25-18-29-64(41)51(74)34(8)58-47(70)38(21-11-3)63-49(72)40(24-14-17-28-54)61-44(67)33(7)57-46(69)37(20-10-2)62-48(71)39(23-13-16-27-53)60-43(66)32(6)55;1-4-9-19(27-23(32)18(15-17(3)29)10-5-7-12-25)21(30)14-16(2)22(31)28-20(24(33)34)11-6-8-13-26/h1-3,31-41H,12-30,52-55H2,4-8H3,(H,56,68)(H,57,69)(H,58,70)(H,59,73)(H,60,66)(H,61,67)(H,62,71)(H,63,72);1,16,18-20H,5-15,25-26H2,2-3H3,(H,27,32)(H,28,31)(H,33,34)/t32-,33-,34-,35+,36-,37-,38-,39-,40-,41-;16-,18-,19+,20+/m01/s1. The summed E-state index contributed by atoms with van der Waals surface area (Å²) < 4.78 is 0. The van der Waals surface area contributed by atoms with Crippen LogP contribution in [0.15, 0.2) is 0 Å². The van der Waals surface area contributed by atoms with Crippen LogP contribution in [0.5, 0.6) is 0 Å². The van der Waals surface area contributed by atoms with Gasteiger partial charge < -0.3 is 102 Å². The van der Waals surface area contributed by atoms with E-state index in [-0.39, 0.29) is 108 Å². The van der Waals surface area contributed by atoms with Gasteiger partial charge in [0.05, 0.1) is 24.0 Å². The third-order valence-corrected chi connectivity index (χ3v) is 17.5. The van der Waals surface area contributed by atoms with E-state index in [1.165, 1.54) is 39.5 Å². The number of carbonyl (C=O) groups is 15. The number of carbonyl (C=O) groups excluding carboxylic acids is 14. The highest BCUT2D eigenvalue weighted by Gasteiger charge is 2.40. The Labute approximate surface area is 636 Å². The lowest BCUT2D eigenvalue weighted by Gasteiger charge is -2.29. The Morgan fingerprint density at radius 3 is 1.24 bits per heavy atom. The van der Waals surface area contributed by atoms with E-state index < -0.39 is 161 Å². The minimum Gasteiger partial charge on any atom is -0.480 e. The summed E-state index contributed by atoms with van der Waals surface area (Å²) in [5, 5.41) is 35.3. The molecule has 0 saturated carbocycles. The maximum Gasteiger partial charge on any atom is 0.326 e. The van der Waals surface area contributed by atoms with E-state index in [4.69, 9.17) is 60.1 Å². The molecule has 0 radical (unpaired) electrons. The molecule has 23 N–H and O–H groups in total. The van der Waals surface area contributed by atoms with Crippen molar-refractivity contribution in [3.05, 3.63) is 0 Å². The van der Waals surface area contributed by atoms with Crippen molar-refractivity contribution in [3.8, 4) is 49.4 Å². The van der Waals surface area contributed by atoms with E-state index in [2.05, 4.69) is 76.8 Å². The van der Waals surface area contributed by atoms with Gasteiger partial charge in [-0.1, -0.05) is 13.3 Å². The first-order valence-electron chi connectivity index (χ1n) is 37.3. The van der Waals surface area contributed by atoms with Crippen molar-refractivity contribution in [1.82, 2.24) is 58.1 Å². The fourth-order valence-corrected chi connectivity index (χ4v) is 11.4. The molecule has 0 aliphatic carbocycles. The quantitative estimate of drug-likeness (QED) is 0.0228. The summed E-state index contributed by atoms with van der Waals surface area (Å²) in [4.78, 5) is 197. The minimum atomic E-state index is -1.39. The molecule has 1 aliphatic rings. The van der Waals surface area contributed by atoms with E-state index in [1.54, 1.807) is 13.8 Å². The number of hydrogen-bond donors (Lipinski definition) is 17. The van der Waals surface area contributed by atoms with Crippen LogP contribution in [0, 0.1) is 67.1 Å². The van der Waals surface area contributed by atoms with Crippen molar-refractivity contribution >= 4 is 88.3 Å². The summed E-state index contributed by atoms with van der Waals surface area (Å²) in [6.07, 6.45) is 28.4. The molecule has 0 unspecified atom stereocenters. The number of hydrogen-bond acceptors (Lipinski definition) is 21. The lowest BCUT2D eigenvalue weighted by molar-refractivity contribution is -0.143. The van der Waals surface area contributed by atoms with Crippen molar-refractivity contribution < 1.29 is 77.0 Å². The molecule has 33 nitrogen and oxygen atoms in total. The van der Waals surface area contributed by atoms with Gasteiger partial charge in [0.25, 0.3) is 0 Å². The molecule has 1 heterocycles. The first kappa shape index (κ1) is 98.7. The van der Waals surface area contributed by atoms with Crippen molar-refractivity contribution in [2.45, 2.75) is 275 Å². The molecule has 1 aliphatic heterocycles. The molecular formula is C75H123N17O16. The normalized spacial score (nSPS) is 15.8. The highest BCUT2D eigenvalue weighted by molar-refractivity contribution is 6.00. The zero-order valence-electron chi connectivity index (χ0n) is 64.2. The number of nitrogens with zero attached hydrogens (tertiary/aromatic N) is 1. The number of carboxylic acids is 1. The molecule has 11 amide bonds. The summed E-state index contributed by atoms with van der Waals surface area (Å²) in [5.74, 6) is -2.09. The predicted octanol–water partition coefficient (Wildman–Crippen LogP) is -2.17. The highest BCUT2D eigenvalue weighted by Crippen LogP contribution is 2.22. The second-order valence-corrected chi connectivity index (χ2v) is 27.5. The monoisotopic (exact) mass is 1520 g/mol. The third-order valence-electron chi connectivity index (χ3n) is 17.5. The number of nitrogens with one attached hydrogen (secondary N) is 10. The van der Waals surface area contributed by atoms with E-state index in [0.717, 1.165) is 0 Å². The van der Waals surface area contributed by atoms with Crippen LogP contribution in [0.2, 0.25) is 0 Å². The Bertz CT molecular complexity index is 3120. The van der Waals surface area contributed by atoms with Crippen LogP contribution in [-0.4, -0.2) is 210 Å². The maximum absolute atomic E-state index is 13.9. The number of likely N-dealkylation sites (tertiary alicyclic amines) is 1. The Hall–Kier alpha value is -9.35. The van der Waals surface area contributed by atoms with Crippen molar-refractivity contribution in [1.29, 1.82) is 0 Å². The fourth-order valence-electron chi connectivity index (χ4n) is 11.4. The van der Waals surface area contributed by atoms with Crippen LogP contribution in [0.1, 0.15) is 203 Å². The van der Waals surface area contributed by atoms with E-state index in [0.29, 0.717) is 103 Å². The number of amides is 11. The van der Waals surface area contributed by atoms with Crippen LogP contribution in [0.3, 0.4) is 0 Å². The largest absolute Gasteiger partial charge is 0.480 e. The number of unbranched alkanes of at least 4 members (excludes halogenated alkanes) is 5. The van der Waals surface area contributed by atoms with Gasteiger partial charge in [0.1, 0.15) is 54.1 Å². The molecule has 1 rings (SSSR count). The Morgan fingerprint density at radius 2 is 0.796 bits per heavy atom. The van der Waals surface area contributed by atoms with Gasteiger partial charge in [0.2, 0.25) is 65.0 Å². The molecule has 0 aromatic carbocycles. The van der Waals surface area contributed by atoms with E-state index >= 15 is 0 Å². The third kappa shape index (κ3) is 39.5. The second-order valence-electron chi connectivity index (χ2n) is 27.5. The summed E-state index contributed by atoms with van der Waals surface area (Å²) in [6.45, 7) is 12.7. The zero-order valence-corrected chi connectivity index (χ0v) is 64.2. The molecular weight excluding hydrogens is 1390 g/mol. The van der Waals surface area contributed by atoms with Gasteiger partial charge in [0, 0.05) is 69.4 Å². The number of Topliss-reactive ketones (excluding diaryl/α,β-unsaturated/α-hetero) is 3. The topological polar surface area (TPSA) is 556 Å². The molecule has 604 valence electrons. The molecule has 1 saturated heterocycles. The summed E-state index contributed by atoms with van der Waals surface area (Å²) in [7, 11) is 0. The van der Waals surface area contributed by atoms with Crippen molar-refractivity contribution in [3.63, 3.8) is 0 Å². The van der Waals surface area contributed by atoms with Gasteiger partial charge in [-0.2, -0.15) is 0 Å². The highest BCUT2D eigenvalue weighted by atomic mass is 16.4. The number of ketones is 3. The van der Waals surface area contributed by atoms with Gasteiger partial charge in [0.15, 0.2) is 11.6 Å². The summed E-state index contributed by atoms with van der Waals surface area (Å²) in [5.41, 5.74) is 33.6. The summed E-state index contributed by atoms with van der Waals surface area (Å²) in [6, 6.07) is -12.7. The molecule has 14 atom stereocenters. The second kappa shape index (κ2) is 56.0. The van der Waals surface area contributed by atoms with Crippen molar-refractivity contribution in [2.75, 3.05) is 39.3 Å². The minimum absolute atomic E-state index is 0.0132. The number of terminal acetylenes is 4. The lowest BCUT2D eigenvalue weighted by Crippen LogP contribution is -2.59. The molecule has 33 heteroatoms. The fraction of sp³-hybridized carbons (Fsp3) is 0.693. The van der Waals surface area contributed by atoms with Crippen molar-refractivity contribution in [2.24, 2.45) is 52.2 Å². The maximum atomic E-state index is 13.9. The number of nitrogens with two attached hydrogens (primary N) is 6. The number of rotatable bonds is 54. The first-order valence-corrected chi connectivity index (χ1v) is 37.3. The average Bonchev–Trinajstić information content (AvgIpc) is 1.64. The van der Waals surface area contributed by atoms with Crippen LogP contribution >= 0.6 is 0 Å². The SMILES string of the molecule is C#CC[C@H](CC(=O)[C@H](CCCCN)NC(=O)[C@@H]1CCCN1C(=O)[C@H](C)NC(=O)[C@H](CC#C)NC(=O)[C@H](CCCCN)NC(=O)[C@H](C)NC(=O)[C@H](CC#C)NC(=O)[C@H](CCCCN)NC(=O)[C@H](C)N)C(=O)NC(C)C.C#CC[C@H](NC(=O)[C@H](CCCCN)CC(C)=O)C(=O)C[C@@H](C)C(=O)N[C@@H](CCCCN)C(=O)O. The number of carboxylic acid groups (broad SMARTS) is 1. The van der Waals surface area contributed by atoms with Crippen LogP contribution in [-0.2, 0) is 71.9 Å². The van der Waals surface area contributed by atoms with Crippen LogP contribution in [0.25, 0.3) is 0 Å². The average molecular weight is 1520 g/mol. The van der Waals surface area contributed by atoms with E-state index in [1.807, 2.05) is 0 Å². The van der Waals surface area contributed by atoms with Gasteiger partial charge in [-0.05, 0) is 177 Å². The summed E-state index contributed by atoms with van der Waals surface area (Å²) >= 11 is 0. The Balaban J connectivity index is 0.00000281. The van der Waals surface area contributed by atoms with Gasteiger partial charge in [-0.15, -0.1) is 49.4 Å². The van der Waals surface area contributed by atoms with Crippen LogP contribution in [0.4, 0.5) is 0 Å². The Morgan fingerprint density at radius 1 is 0.407 bits per heavy atom. The first-order chi connectivity index (χ1) is 51.2. The smallest absolute Gasteiger partial charge is 0.326 e. The van der Waals surface area contributed by atoms with Gasteiger partial charge >= 0.3 is 5.97 Å². The molecule has 0 aromatic heterocycles. The molecule has 0 spiro atoms. The van der Waals surface area contributed by atoms with Gasteiger partial charge in [-0.3, -0.25) is 62.3 Å². The Kier molecular flexibility index (Phi) is 51.1. The molecule has 0 aromatic rings. The molecule has 108 heavy (non-hydrogen) atoms. The van der Waals surface area contributed by atoms with Gasteiger partial charge in [-0.25, -0.2) is 4.79 Å². The molecule has 0 bridgehead atoms. The molecule has 1 fully saturated rings.